The van der Waals surface area contributed by atoms with Gasteiger partial charge in [0.2, 0.25) is 0 Å². The minimum atomic E-state index is 0.220. The highest BCUT2D eigenvalue weighted by Crippen LogP contribution is 2.13. The molecule has 1 rings (SSSR count). The summed E-state index contributed by atoms with van der Waals surface area (Å²) >= 11 is 0. The van der Waals surface area contributed by atoms with E-state index in [1.807, 2.05) is 25.2 Å². The van der Waals surface area contributed by atoms with Crippen LogP contribution in [0.1, 0.15) is 13.3 Å². The molecule has 0 aromatic carbocycles. The Morgan fingerprint density at radius 1 is 1.27 bits per heavy atom. The van der Waals surface area contributed by atoms with E-state index in [9.17, 15) is 4.79 Å². The molecule has 1 fully saturated rings. The minimum Gasteiger partial charge on any atom is -0.371 e. The predicted octanol–water partition coefficient (Wildman–Crippen LogP) is 1.32. The van der Waals surface area contributed by atoms with Crippen molar-refractivity contribution in [2.75, 3.05) is 46.3 Å². The van der Waals surface area contributed by atoms with Gasteiger partial charge in [0.15, 0.2) is 5.78 Å². The molecule has 1 aliphatic heterocycles. The smallest absolute Gasteiger partial charge is 0.160 e. The number of carbonyl (C=O) groups is 1. The molecule has 0 atom stereocenters. The fraction of sp³-hybridized carbons (Fsp3) is 0.529. The van der Waals surface area contributed by atoms with Crippen LogP contribution in [0.5, 0.6) is 0 Å². The first-order valence-corrected chi connectivity index (χ1v) is 7.71. The molecule has 5 heteroatoms. The van der Waals surface area contributed by atoms with Crippen molar-refractivity contribution in [1.29, 1.82) is 5.26 Å². The van der Waals surface area contributed by atoms with Crippen molar-refractivity contribution in [1.82, 2.24) is 15.1 Å². The van der Waals surface area contributed by atoms with Crippen molar-refractivity contribution < 1.29 is 4.79 Å². The highest BCUT2D eigenvalue weighted by Gasteiger charge is 2.19. The van der Waals surface area contributed by atoms with Gasteiger partial charge in [-0.15, -0.1) is 0 Å². The van der Waals surface area contributed by atoms with Crippen LogP contribution in [0.2, 0.25) is 0 Å². The van der Waals surface area contributed by atoms with Gasteiger partial charge in [0.1, 0.15) is 0 Å². The summed E-state index contributed by atoms with van der Waals surface area (Å²) in [6, 6.07) is 2.13. The Morgan fingerprint density at radius 3 is 2.59 bits per heavy atom. The molecule has 0 aromatic rings. The number of hydrogen-bond acceptors (Lipinski definition) is 5. The number of rotatable bonds is 8. The first kappa shape index (κ1) is 18.1. The first-order chi connectivity index (χ1) is 10.7. The standard InChI is InChI=1S/C17H26N4O/c1-3-4-5-6-7-16(8-9-18)21-12-10-20(11-13-21)15-17(22)14-19-2/h3-6,8,19H,7,10-15H2,1-2H3/b4-3-,6-5?,16-8-. The minimum absolute atomic E-state index is 0.220. The number of nitrogens with zero attached hydrogens (tertiary/aromatic N) is 3. The fourth-order valence-corrected chi connectivity index (χ4v) is 2.43. The highest BCUT2D eigenvalue weighted by molar-refractivity contribution is 5.82. The third-order valence-corrected chi connectivity index (χ3v) is 3.55. The molecule has 0 spiro atoms. The van der Waals surface area contributed by atoms with Crippen LogP contribution in [-0.4, -0.2) is 61.9 Å². The topological polar surface area (TPSA) is 59.4 Å². The molecule has 0 aromatic heterocycles. The third-order valence-electron chi connectivity index (χ3n) is 3.55. The van der Waals surface area contributed by atoms with Crippen molar-refractivity contribution in [2.45, 2.75) is 13.3 Å². The van der Waals surface area contributed by atoms with Crippen LogP contribution in [0, 0.1) is 11.3 Å². The molecule has 1 N–H and O–H groups in total. The second kappa shape index (κ2) is 10.8. The maximum Gasteiger partial charge on any atom is 0.160 e. The monoisotopic (exact) mass is 302 g/mol. The van der Waals surface area contributed by atoms with Crippen LogP contribution in [0.4, 0.5) is 0 Å². The van der Waals surface area contributed by atoms with Crippen molar-refractivity contribution in [3.05, 3.63) is 36.1 Å². The van der Waals surface area contributed by atoms with E-state index in [1.165, 1.54) is 0 Å². The van der Waals surface area contributed by atoms with Gasteiger partial charge in [-0.25, -0.2) is 0 Å². The summed E-state index contributed by atoms with van der Waals surface area (Å²) < 4.78 is 0. The molecule has 120 valence electrons. The van der Waals surface area contributed by atoms with Crippen LogP contribution < -0.4 is 5.32 Å². The molecule has 22 heavy (non-hydrogen) atoms. The van der Waals surface area contributed by atoms with E-state index in [-0.39, 0.29) is 5.78 Å². The van der Waals surface area contributed by atoms with Gasteiger partial charge in [0.25, 0.3) is 0 Å². The van der Waals surface area contributed by atoms with E-state index >= 15 is 0 Å². The molecular weight excluding hydrogens is 276 g/mol. The molecule has 0 unspecified atom stereocenters. The second-order valence-corrected chi connectivity index (χ2v) is 5.26. The Labute approximate surface area is 133 Å². The van der Waals surface area contributed by atoms with E-state index in [2.05, 4.69) is 27.3 Å². The van der Waals surface area contributed by atoms with Crippen molar-refractivity contribution in [3.63, 3.8) is 0 Å². The number of allylic oxidation sites excluding steroid dienone is 5. The van der Waals surface area contributed by atoms with Gasteiger partial charge in [0.05, 0.1) is 19.2 Å². The highest BCUT2D eigenvalue weighted by atomic mass is 16.1. The van der Waals surface area contributed by atoms with Gasteiger partial charge >= 0.3 is 0 Å². The van der Waals surface area contributed by atoms with E-state index < -0.39 is 0 Å². The zero-order valence-electron chi connectivity index (χ0n) is 13.6. The summed E-state index contributed by atoms with van der Waals surface area (Å²) in [5, 5.41) is 11.8. The lowest BCUT2D eigenvalue weighted by Crippen LogP contribution is -2.48. The van der Waals surface area contributed by atoms with Crippen LogP contribution >= 0.6 is 0 Å². The maximum atomic E-state index is 11.6. The molecule has 0 saturated carbocycles. The number of ketones is 1. The lowest BCUT2D eigenvalue weighted by Gasteiger charge is -2.36. The van der Waals surface area contributed by atoms with Crippen LogP contribution in [-0.2, 0) is 4.79 Å². The Kier molecular flexibility index (Phi) is 8.89. The summed E-state index contributed by atoms with van der Waals surface area (Å²) in [4.78, 5) is 16.1. The third kappa shape index (κ3) is 6.70. The summed E-state index contributed by atoms with van der Waals surface area (Å²) in [6.07, 6.45) is 10.4. The number of nitrogens with one attached hydrogen (secondary N) is 1. The molecule has 1 saturated heterocycles. The Hall–Kier alpha value is -1.90. The van der Waals surface area contributed by atoms with Crippen molar-refractivity contribution >= 4 is 5.78 Å². The van der Waals surface area contributed by atoms with E-state index in [0.29, 0.717) is 13.1 Å². The summed E-state index contributed by atoms with van der Waals surface area (Å²) in [6.45, 7) is 6.34. The summed E-state index contributed by atoms with van der Waals surface area (Å²) in [5.74, 6) is 0.220. The average Bonchev–Trinajstić information content (AvgIpc) is 2.51. The molecule has 5 nitrogen and oxygen atoms in total. The maximum absolute atomic E-state index is 11.6. The van der Waals surface area contributed by atoms with Crippen LogP contribution in [0.15, 0.2) is 36.1 Å². The molecular formula is C17H26N4O. The lowest BCUT2D eigenvalue weighted by molar-refractivity contribution is -0.119. The molecule has 1 aliphatic rings. The number of piperazine rings is 1. The molecule has 0 bridgehead atoms. The lowest BCUT2D eigenvalue weighted by atomic mass is 10.2. The zero-order valence-corrected chi connectivity index (χ0v) is 13.6. The van der Waals surface area contributed by atoms with Gasteiger partial charge in [-0.05, 0) is 14.0 Å². The zero-order chi connectivity index (χ0) is 16.2. The number of likely N-dealkylation sites (N-methyl/N-ethyl adjacent to an activating group) is 1. The van der Waals surface area contributed by atoms with Gasteiger partial charge in [-0.2, -0.15) is 5.26 Å². The number of hydrogen-bond donors (Lipinski definition) is 1. The van der Waals surface area contributed by atoms with Crippen LogP contribution in [0.3, 0.4) is 0 Å². The number of Topliss-reactive ketones (excluding diaryl/α,β-unsaturated/α-hetero) is 1. The van der Waals surface area contributed by atoms with Crippen molar-refractivity contribution in [3.8, 4) is 6.07 Å². The summed E-state index contributed by atoms with van der Waals surface area (Å²) in [5.41, 5.74) is 1.05. The number of carbonyl (C=O) groups excluding carboxylic acids is 1. The quantitative estimate of drug-likeness (QED) is 0.541. The molecule has 0 amide bonds. The first-order valence-electron chi connectivity index (χ1n) is 7.71. The number of nitriles is 1. The molecule has 1 heterocycles. The Morgan fingerprint density at radius 2 is 2.00 bits per heavy atom. The van der Waals surface area contributed by atoms with Gasteiger partial charge in [-0.3, -0.25) is 9.69 Å². The van der Waals surface area contributed by atoms with Gasteiger partial charge < -0.3 is 10.2 Å². The van der Waals surface area contributed by atoms with Gasteiger partial charge in [-0.1, -0.05) is 24.3 Å². The second-order valence-electron chi connectivity index (χ2n) is 5.26. The molecule has 0 aliphatic carbocycles. The molecule has 0 radical (unpaired) electrons. The normalized spacial score (nSPS) is 17.3. The average molecular weight is 302 g/mol. The fourth-order valence-electron chi connectivity index (χ4n) is 2.43. The predicted molar refractivity (Wildman–Crippen MR) is 89.2 cm³/mol. The van der Waals surface area contributed by atoms with E-state index in [0.717, 1.165) is 38.3 Å². The Balaban J connectivity index is 2.48. The van der Waals surface area contributed by atoms with Gasteiger partial charge in [0, 0.05) is 44.4 Å². The van der Waals surface area contributed by atoms with Crippen molar-refractivity contribution in [2.24, 2.45) is 0 Å². The van der Waals surface area contributed by atoms with E-state index in [4.69, 9.17) is 5.26 Å². The largest absolute Gasteiger partial charge is 0.371 e. The SMILES string of the molecule is C/C=C\C=CC/C(=C/C#N)N1CCN(CC(=O)CNC)CC1. The summed E-state index contributed by atoms with van der Waals surface area (Å²) in [7, 11) is 1.79. The van der Waals surface area contributed by atoms with Crippen LogP contribution in [0.25, 0.3) is 0 Å². The van der Waals surface area contributed by atoms with E-state index in [1.54, 1.807) is 13.1 Å². The Bertz CT molecular complexity index is 466.